The molecule has 0 saturated heterocycles. The number of carboxylic acid groups (broad SMARTS) is 1. The first-order valence-electron chi connectivity index (χ1n) is 7.63. The smallest absolute Gasteiger partial charge is 0.317 e. The number of aromatic nitrogens is 3. The van der Waals surface area contributed by atoms with Crippen LogP contribution in [-0.4, -0.2) is 61.7 Å². The molecule has 23 heavy (non-hydrogen) atoms. The summed E-state index contributed by atoms with van der Waals surface area (Å²) in [4.78, 5) is 25.0. The summed E-state index contributed by atoms with van der Waals surface area (Å²) >= 11 is 0. The Morgan fingerprint density at radius 1 is 1.43 bits per heavy atom. The van der Waals surface area contributed by atoms with Crippen LogP contribution in [0.1, 0.15) is 30.1 Å². The van der Waals surface area contributed by atoms with E-state index in [1.165, 1.54) is 0 Å². The van der Waals surface area contributed by atoms with Gasteiger partial charge in [0.05, 0.1) is 12.1 Å². The lowest BCUT2D eigenvalue weighted by Crippen LogP contribution is -2.54. The fourth-order valence-corrected chi connectivity index (χ4v) is 2.91. The molecule has 0 spiro atoms. The largest absolute Gasteiger partial charge is 0.480 e. The maximum atomic E-state index is 12.3. The molecule has 1 amide bonds. The molecule has 8 heteroatoms. The number of amides is 1. The number of carbonyl (C=O) groups excluding carboxylic acids is 1. The predicted molar refractivity (Wildman–Crippen MR) is 82.1 cm³/mol. The van der Waals surface area contributed by atoms with Crippen molar-refractivity contribution in [2.45, 2.75) is 31.8 Å². The van der Waals surface area contributed by atoms with Gasteiger partial charge in [-0.2, -0.15) is 0 Å². The molecule has 0 atom stereocenters. The highest BCUT2D eigenvalue weighted by atomic mass is 16.4. The van der Waals surface area contributed by atoms with Crippen molar-refractivity contribution in [1.82, 2.24) is 24.8 Å². The third kappa shape index (κ3) is 3.31. The van der Waals surface area contributed by atoms with E-state index in [1.807, 2.05) is 11.8 Å². The third-order valence-corrected chi connectivity index (χ3v) is 4.26. The third-order valence-electron chi connectivity index (χ3n) is 4.26. The second-order valence-corrected chi connectivity index (χ2v) is 5.77. The fraction of sp³-hybridized carbons (Fsp3) is 0.467. The minimum atomic E-state index is -0.818. The highest BCUT2D eigenvalue weighted by molar-refractivity contribution is 5.94. The average Bonchev–Trinajstić information content (AvgIpc) is 2.95. The zero-order chi connectivity index (χ0) is 16.4. The molecular formula is C15H19N5O3. The van der Waals surface area contributed by atoms with Crippen LogP contribution < -0.4 is 5.32 Å². The van der Waals surface area contributed by atoms with Crippen molar-refractivity contribution in [3.8, 4) is 0 Å². The van der Waals surface area contributed by atoms with E-state index >= 15 is 0 Å². The molecule has 2 N–H and O–H groups in total. The van der Waals surface area contributed by atoms with Gasteiger partial charge in [0.1, 0.15) is 6.33 Å². The number of likely N-dealkylation sites (N-methyl/N-ethyl adjacent to an activating group) is 1. The van der Waals surface area contributed by atoms with Crippen molar-refractivity contribution in [2.24, 2.45) is 0 Å². The Morgan fingerprint density at radius 2 is 2.22 bits per heavy atom. The normalized spacial score (nSPS) is 20.4. The summed E-state index contributed by atoms with van der Waals surface area (Å²) in [5.41, 5.74) is 1.25. The molecule has 122 valence electrons. The average molecular weight is 317 g/mol. The molecule has 3 rings (SSSR count). The van der Waals surface area contributed by atoms with Gasteiger partial charge in [0, 0.05) is 18.3 Å². The van der Waals surface area contributed by atoms with E-state index in [0.29, 0.717) is 17.8 Å². The molecule has 0 unspecified atom stereocenters. The van der Waals surface area contributed by atoms with Crippen LogP contribution in [0.4, 0.5) is 0 Å². The van der Waals surface area contributed by atoms with Crippen molar-refractivity contribution >= 4 is 17.5 Å². The minimum absolute atomic E-state index is 0.0477. The summed E-state index contributed by atoms with van der Waals surface area (Å²) in [6.07, 6.45) is 4.81. The first-order chi connectivity index (χ1) is 11.1. The monoisotopic (exact) mass is 317 g/mol. The number of aliphatic carboxylic acids is 1. The zero-order valence-electron chi connectivity index (χ0n) is 12.8. The van der Waals surface area contributed by atoms with E-state index in [2.05, 4.69) is 15.5 Å². The van der Waals surface area contributed by atoms with Gasteiger partial charge >= 0.3 is 5.97 Å². The lowest BCUT2D eigenvalue weighted by molar-refractivity contribution is -0.139. The molecule has 0 aliphatic heterocycles. The number of hydrogen-bond donors (Lipinski definition) is 2. The van der Waals surface area contributed by atoms with Crippen LogP contribution in [0.15, 0.2) is 24.7 Å². The van der Waals surface area contributed by atoms with E-state index < -0.39 is 5.97 Å². The SMILES string of the molecule is CCN(CC(=O)O)C1CC(NC(=O)c2ccc3nncn3c2)C1. The topological polar surface area (TPSA) is 99.8 Å². The lowest BCUT2D eigenvalue weighted by atomic mass is 9.85. The minimum Gasteiger partial charge on any atom is -0.480 e. The first kappa shape index (κ1) is 15.4. The Bertz CT molecular complexity index is 723. The van der Waals surface area contributed by atoms with Gasteiger partial charge in [-0.25, -0.2) is 0 Å². The highest BCUT2D eigenvalue weighted by Crippen LogP contribution is 2.25. The summed E-state index contributed by atoms with van der Waals surface area (Å²) in [5.74, 6) is -0.952. The number of fused-ring (bicyclic) bond motifs is 1. The number of carbonyl (C=O) groups is 2. The summed E-state index contributed by atoms with van der Waals surface area (Å²) in [7, 11) is 0. The van der Waals surface area contributed by atoms with E-state index in [0.717, 1.165) is 12.8 Å². The predicted octanol–water partition coefficient (Wildman–Crippen LogP) is 0.397. The van der Waals surface area contributed by atoms with Crippen molar-refractivity contribution in [3.63, 3.8) is 0 Å². The number of nitrogens with zero attached hydrogens (tertiary/aromatic N) is 4. The van der Waals surface area contributed by atoms with Gasteiger partial charge in [-0.1, -0.05) is 6.92 Å². The standard InChI is InChI=1S/C15H19N5O3/c1-2-19(8-14(21)22)12-5-11(6-12)17-15(23)10-3-4-13-18-16-9-20(13)7-10/h3-4,7,9,11-12H,2,5-6,8H2,1H3,(H,17,23)(H,21,22). The Balaban J connectivity index is 1.54. The second kappa shape index (κ2) is 6.33. The number of carboxylic acids is 1. The first-order valence-corrected chi connectivity index (χ1v) is 7.63. The second-order valence-electron chi connectivity index (χ2n) is 5.77. The molecule has 0 aromatic carbocycles. The summed E-state index contributed by atoms with van der Waals surface area (Å²) in [6, 6.07) is 3.78. The van der Waals surface area contributed by atoms with Gasteiger partial charge in [0.15, 0.2) is 5.65 Å². The maximum Gasteiger partial charge on any atom is 0.317 e. The highest BCUT2D eigenvalue weighted by Gasteiger charge is 2.34. The molecule has 2 heterocycles. The summed E-state index contributed by atoms with van der Waals surface area (Å²) in [5, 5.41) is 19.6. The van der Waals surface area contributed by atoms with E-state index in [4.69, 9.17) is 5.11 Å². The summed E-state index contributed by atoms with van der Waals surface area (Å²) < 4.78 is 1.70. The molecule has 1 aliphatic rings. The van der Waals surface area contributed by atoms with Gasteiger partial charge in [-0.05, 0) is 31.5 Å². The van der Waals surface area contributed by atoms with Gasteiger partial charge in [-0.3, -0.25) is 18.9 Å². The summed E-state index contributed by atoms with van der Waals surface area (Å²) in [6.45, 7) is 2.69. The van der Waals surface area contributed by atoms with Crippen molar-refractivity contribution < 1.29 is 14.7 Å². The molecule has 0 radical (unpaired) electrons. The van der Waals surface area contributed by atoms with Crippen LogP contribution in [0.5, 0.6) is 0 Å². The van der Waals surface area contributed by atoms with Crippen molar-refractivity contribution in [3.05, 3.63) is 30.2 Å². The van der Waals surface area contributed by atoms with Crippen LogP contribution in [0, 0.1) is 0 Å². The molecular weight excluding hydrogens is 298 g/mol. The van der Waals surface area contributed by atoms with E-state index in [9.17, 15) is 9.59 Å². The number of hydrogen-bond acceptors (Lipinski definition) is 5. The molecule has 8 nitrogen and oxygen atoms in total. The number of nitrogens with one attached hydrogen (secondary N) is 1. The fourth-order valence-electron chi connectivity index (χ4n) is 2.91. The van der Waals surface area contributed by atoms with Crippen LogP contribution >= 0.6 is 0 Å². The lowest BCUT2D eigenvalue weighted by Gasteiger charge is -2.42. The number of rotatable bonds is 6. The van der Waals surface area contributed by atoms with Crippen LogP contribution in [0.3, 0.4) is 0 Å². The van der Waals surface area contributed by atoms with Crippen LogP contribution in [0.25, 0.3) is 5.65 Å². The Morgan fingerprint density at radius 3 is 2.91 bits per heavy atom. The molecule has 1 aliphatic carbocycles. The molecule has 2 aromatic heterocycles. The quantitative estimate of drug-likeness (QED) is 0.800. The molecule has 2 aromatic rings. The maximum absolute atomic E-state index is 12.3. The molecule has 1 fully saturated rings. The van der Waals surface area contributed by atoms with Crippen molar-refractivity contribution in [1.29, 1.82) is 0 Å². The Hall–Kier alpha value is -2.48. The van der Waals surface area contributed by atoms with Gasteiger partial charge in [-0.15, -0.1) is 10.2 Å². The Kier molecular flexibility index (Phi) is 4.24. The van der Waals surface area contributed by atoms with Gasteiger partial charge < -0.3 is 10.4 Å². The molecule has 1 saturated carbocycles. The van der Waals surface area contributed by atoms with Crippen molar-refractivity contribution in [2.75, 3.05) is 13.1 Å². The number of pyridine rings is 1. The van der Waals surface area contributed by atoms with Gasteiger partial charge in [0.25, 0.3) is 5.91 Å². The zero-order valence-corrected chi connectivity index (χ0v) is 12.8. The van der Waals surface area contributed by atoms with Gasteiger partial charge in [0.2, 0.25) is 0 Å². The van der Waals surface area contributed by atoms with E-state index in [1.54, 1.807) is 29.1 Å². The Labute approximate surface area is 133 Å². The van der Waals surface area contributed by atoms with Crippen LogP contribution in [0.2, 0.25) is 0 Å². The van der Waals surface area contributed by atoms with Crippen LogP contribution in [-0.2, 0) is 4.79 Å². The van der Waals surface area contributed by atoms with E-state index in [-0.39, 0.29) is 24.5 Å². The molecule has 0 bridgehead atoms.